The first kappa shape index (κ1) is 16.6. The van der Waals surface area contributed by atoms with Gasteiger partial charge in [-0.3, -0.25) is 14.9 Å². The van der Waals surface area contributed by atoms with Gasteiger partial charge in [-0.1, -0.05) is 26.7 Å². The Bertz CT molecular complexity index is 463. The number of unbranched alkanes of at least 4 members (excludes halogenated alkanes) is 2. The van der Waals surface area contributed by atoms with Gasteiger partial charge in [0.2, 0.25) is 0 Å². The molecule has 1 aromatic rings. The summed E-state index contributed by atoms with van der Waals surface area (Å²) >= 11 is 1.24. The molecule has 6 heteroatoms. The Morgan fingerprint density at radius 3 is 2.25 bits per heavy atom. The van der Waals surface area contributed by atoms with Gasteiger partial charge in [-0.25, -0.2) is 0 Å². The third kappa shape index (κ3) is 4.30. The minimum absolute atomic E-state index is 0.0624. The van der Waals surface area contributed by atoms with E-state index in [1.54, 1.807) is 0 Å². The number of Topliss-reactive ketones (excluding diaryl/α,β-unsaturated/α-hetero) is 1. The Kier molecular flexibility index (Phi) is 6.64. The fourth-order valence-electron chi connectivity index (χ4n) is 1.92. The molecule has 1 aromatic heterocycles. The first-order valence-corrected chi connectivity index (χ1v) is 7.87. The Morgan fingerprint density at radius 2 is 1.85 bits per heavy atom. The first-order chi connectivity index (χ1) is 9.51. The second-order valence-corrected chi connectivity index (χ2v) is 5.84. The molecule has 1 rings (SSSR count). The lowest BCUT2D eigenvalue weighted by molar-refractivity contribution is -0.383. The largest absolute Gasteiger partial charge is 0.358 e. The van der Waals surface area contributed by atoms with Crippen molar-refractivity contribution in [2.45, 2.75) is 46.5 Å². The maximum absolute atomic E-state index is 11.5. The van der Waals surface area contributed by atoms with E-state index in [1.807, 2.05) is 0 Å². The van der Waals surface area contributed by atoms with Gasteiger partial charge in [0.25, 0.3) is 0 Å². The van der Waals surface area contributed by atoms with E-state index in [2.05, 4.69) is 18.7 Å². The van der Waals surface area contributed by atoms with Crippen molar-refractivity contribution in [1.29, 1.82) is 0 Å². The number of carbonyl (C=O) groups excluding carboxylic acids is 1. The van der Waals surface area contributed by atoms with Gasteiger partial charge in [-0.2, -0.15) is 0 Å². The number of nitro groups is 1. The van der Waals surface area contributed by atoms with Gasteiger partial charge >= 0.3 is 5.69 Å². The highest BCUT2D eigenvalue weighted by atomic mass is 32.1. The first-order valence-electron chi connectivity index (χ1n) is 7.05. The van der Waals surface area contributed by atoms with Crippen LogP contribution in [-0.4, -0.2) is 23.8 Å². The van der Waals surface area contributed by atoms with Gasteiger partial charge in [-0.05, 0) is 19.8 Å². The van der Waals surface area contributed by atoms with Gasteiger partial charge in [0.15, 0.2) is 10.8 Å². The van der Waals surface area contributed by atoms with Crippen LogP contribution in [0.3, 0.4) is 0 Å². The molecule has 0 N–H and O–H groups in total. The zero-order chi connectivity index (χ0) is 15.1. The molecule has 1 heterocycles. The van der Waals surface area contributed by atoms with Crippen LogP contribution in [0.2, 0.25) is 0 Å². The summed E-state index contributed by atoms with van der Waals surface area (Å²) in [5.41, 5.74) is 0.0624. The molecule has 112 valence electrons. The van der Waals surface area contributed by atoms with E-state index >= 15 is 0 Å². The SMILES string of the molecule is CCCCN(CCCC)c1sc(C(C)=O)cc1[N+](=O)[O-]. The van der Waals surface area contributed by atoms with Crippen molar-refractivity contribution >= 4 is 27.8 Å². The van der Waals surface area contributed by atoms with Gasteiger partial charge in [0.1, 0.15) is 0 Å². The number of hydrogen-bond donors (Lipinski definition) is 0. The Morgan fingerprint density at radius 1 is 1.30 bits per heavy atom. The Hall–Kier alpha value is -1.43. The van der Waals surface area contributed by atoms with Crippen LogP contribution in [-0.2, 0) is 0 Å². The molecule has 0 saturated carbocycles. The molecule has 0 aliphatic carbocycles. The number of ketones is 1. The van der Waals surface area contributed by atoms with Crippen molar-refractivity contribution in [3.8, 4) is 0 Å². The average Bonchev–Trinajstić information content (AvgIpc) is 2.84. The van der Waals surface area contributed by atoms with Gasteiger partial charge in [-0.15, -0.1) is 11.3 Å². The molecule has 5 nitrogen and oxygen atoms in total. The molecule has 20 heavy (non-hydrogen) atoms. The Balaban J connectivity index is 3.08. The standard InChI is InChI=1S/C14H22N2O3S/c1-4-6-8-15(9-7-5-2)14-12(16(18)19)10-13(20-14)11(3)17/h10H,4-9H2,1-3H3. The normalized spacial score (nSPS) is 10.6. The third-order valence-electron chi connectivity index (χ3n) is 3.09. The topological polar surface area (TPSA) is 63.5 Å². The highest BCUT2D eigenvalue weighted by molar-refractivity contribution is 7.18. The number of thiophene rings is 1. The lowest BCUT2D eigenvalue weighted by Crippen LogP contribution is -2.25. The predicted molar refractivity (Wildman–Crippen MR) is 83.0 cm³/mol. The molecule has 0 aliphatic rings. The molecule has 0 spiro atoms. The van der Waals surface area contributed by atoms with Crippen molar-refractivity contribution in [2.75, 3.05) is 18.0 Å². The number of nitrogens with zero attached hydrogens (tertiary/aromatic N) is 2. The fourth-order valence-corrected chi connectivity index (χ4v) is 2.99. The molecule has 0 aromatic carbocycles. The Labute approximate surface area is 123 Å². The van der Waals surface area contributed by atoms with Gasteiger partial charge < -0.3 is 4.90 Å². The molecule has 0 amide bonds. The number of hydrogen-bond acceptors (Lipinski definition) is 5. The number of anilines is 1. The minimum Gasteiger partial charge on any atom is -0.358 e. The quantitative estimate of drug-likeness (QED) is 0.388. The fraction of sp³-hybridized carbons (Fsp3) is 0.643. The lowest BCUT2D eigenvalue weighted by atomic mass is 10.2. The van der Waals surface area contributed by atoms with Crippen LogP contribution in [0.25, 0.3) is 0 Å². The summed E-state index contributed by atoms with van der Waals surface area (Å²) in [5, 5.41) is 11.8. The van der Waals surface area contributed by atoms with Gasteiger partial charge in [0.05, 0.1) is 9.80 Å². The smallest absolute Gasteiger partial charge is 0.304 e. The van der Waals surface area contributed by atoms with E-state index in [1.165, 1.54) is 24.3 Å². The third-order valence-corrected chi connectivity index (χ3v) is 4.37. The highest BCUT2D eigenvalue weighted by Gasteiger charge is 2.24. The second kappa shape index (κ2) is 7.99. The lowest BCUT2D eigenvalue weighted by Gasteiger charge is -2.22. The van der Waals surface area contributed by atoms with Crippen LogP contribution < -0.4 is 4.90 Å². The monoisotopic (exact) mass is 298 g/mol. The predicted octanol–water partition coefficient (Wildman–Crippen LogP) is 4.27. The molecular formula is C14H22N2O3S. The van der Waals surface area contributed by atoms with Crippen LogP contribution in [0.15, 0.2) is 6.07 Å². The van der Waals surface area contributed by atoms with Crippen LogP contribution in [0, 0.1) is 10.1 Å². The van der Waals surface area contributed by atoms with Crippen LogP contribution in [0.1, 0.15) is 56.1 Å². The average molecular weight is 298 g/mol. The van der Waals surface area contributed by atoms with Crippen LogP contribution in [0.5, 0.6) is 0 Å². The second-order valence-electron chi connectivity index (χ2n) is 4.81. The van der Waals surface area contributed by atoms with E-state index in [9.17, 15) is 14.9 Å². The highest BCUT2D eigenvalue weighted by Crippen LogP contribution is 2.38. The summed E-state index contributed by atoms with van der Waals surface area (Å²) in [6.07, 6.45) is 4.07. The molecule has 0 saturated heterocycles. The summed E-state index contributed by atoms with van der Waals surface area (Å²) in [4.78, 5) is 24.8. The van der Waals surface area contributed by atoms with Gasteiger partial charge in [0, 0.05) is 19.2 Å². The van der Waals surface area contributed by atoms with E-state index in [-0.39, 0.29) is 16.4 Å². The van der Waals surface area contributed by atoms with E-state index in [4.69, 9.17) is 0 Å². The zero-order valence-corrected chi connectivity index (χ0v) is 13.2. The molecule has 0 bridgehead atoms. The van der Waals surface area contributed by atoms with Crippen LogP contribution in [0.4, 0.5) is 10.7 Å². The van der Waals surface area contributed by atoms with Crippen molar-refractivity contribution < 1.29 is 9.72 Å². The van der Waals surface area contributed by atoms with Crippen molar-refractivity contribution in [3.63, 3.8) is 0 Å². The summed E-state index contributed by atoms with van der Waals surface area (Å²) < 4.78 is 0. The molecular weight excluding hydrogens is 276 g/mol. The maximum Gasteiger partial charge on any atom is 0.304 e. The molecule has 0 unspecified atom stereocenters. The van der Waals surface area contributed by atoms with E-state index < -0.39 is 0 Å². The van der Waals surface area contributed by atoms with Crippen molar-refractivity contribution in [1.82, 2.24) is 0 Å². The maximum atomic E-state index is 11.5. The summed E-state index contributed by atoms with van der Waals surface area (Å²) in [6.45, 7) is 7.25. The number of carbonyl (C=O) groups is 1. The minimum atomic E-state index is -0.386. The number of rotatable bonds is 9. The van der Waals surface area contributed by atoms with E-state index in [0.717, 1.165) is 38.8 Å². The summed E-state index contributed by atoms with van der Waals surface area (Å²) in [6, 6.07) is 1.41. The zero-order valence-electron chi connectivity index (χ0n) is 12.3. The molecule has 0 aliphatic heterocycles. The molecule has 0 fully saturated rings. The van der Waals surface area contributed by atoms with E-state index in [0.29, 0.717) is 9.88 Å². The summed E-state index contributed by atoms with van der Waals surface area (Å²) in [7, 11) is 0. The van der Waals surface area contributed by atoms with Crippen molar-refractivity contribution in [3.05, 3.63) is 21.1 Å². The summed E-state index contributed by atoms with van der Waals surface area (Å²) in [5.74, 6) is -0.115. The van der Waals surface area contributed by atoms with Crippen molar-refractivity contribution in [2.24, 2.45) is 0 Å². The van der Waals surface area contributed by atoms with Crippen LogP contribution >= 0.6 is 11.3 Å². The molecule has 0 radical (unpaired) electrons. The molecule has 0 atom stereocenters.